The van der Waals surface area contributed by atoms with E-state index in [1.807, 2.05) is 0 Å². The SMILES string of the molecule is O=C([C@H]1C[C@@H]1C(F)F)N1CC(O)C1. The van der Waals surface area contributed by atoms with Gasteiger partial charge in [-0.3, -0.25) is 4.79 Å². The van der Waals surface area contributed by atoms with Crippen molar-refractivity contribution in [1.82, 2.24) is 4.90 Å². The molecule has 2 fully saturated rings. The highest BCUT2D eigenvalue weighted by atomic mass is 19.3. The van der Waals surface area contributed by atoms with Crippen LogP contribution in [0, 0.1) is 11.8 Å². The van der Waals surface area contributed by atoms with Crippen molar-refractivity contribution in [3.05, 3.63) is 0 Å². The van der Waals surface area contributed by atoms with Crippen LogP contribution in [-0.2, 0) is 4.79 Å². The lowest BCUT2D eigenvalue weighted by Crippen LogP contribution is -2.54. The molecule has 1 saturated carbocycles. The van der Waals surface area contributed by atoms with E-state index in [1.165, 1.54) is 4.90 Å². The van der Waals surface area contributed by atoms with Gasteiger partial charge in [-0.1, -0.05) is 0 Å². The molecule has 0 unspecified atom stereocenters. The topological polar surface area (TPSA) is 40.5 Å². The maximum atomic E-state index is 12.1. The van der Waals surface area contributed by atoms with Crippen LogP contribution in [0.25, 0.3) is 0 Å². The Morgan fingerprint density at radius 2 is 2.08 bits per heavy atom. The Balaban J connectivity index is 1.80. The molecular weight excluding hydrogens is 180 g/mol. The fourth-order valence-corrected chi connectivity index (χ4v) is 1.65. The number of aliphatic hydroxyl groups excluding tert-OH is 1. The zero-order valence-electron chi connectivity index (χ0n) is 6.99. The minimum Gasteiger partial charge on any atom is -0.389 e. The normalized spacial score (nSPS) is 33.4. The van der Waals surface area contributed by atoms with Crippen LogP contribution < -0.4 is 0 Å². The molecule has 1 heterocycles. The molecule has 1 N–H and O–H groups in total. The largest absolute Gasteiger partial charge is 0.389 e. The number of alkyl halides is 2. The van der Waals surface area contributed by atoms with E-state index in [-0.39, 0.29) is 5.91 Å². The van der Waals surface area contributed by atoms with Gasteiger partial charge in [-0.25, -0.2) is 8.78 Å². The van der Waals surface area contributed by atoms with Crippen LogP contribution in [0.15, 0.2) is 0 Å². The van der Waals surface area contributed by atoms with Crippen LogP contribution in [0.2, 0.25) is 0 Å². The first-order chi connectivity index (χ1) is 6.09. The number of hydrogen-bond acceptors (Lipinski definition) is 2. The smallest absolute Gasteiger partial charge is 0.242 e. The lowest BCUT2D eigenvalue weighted by atomic mass is 10.1. The van der Waals surface area contributed by atoms with E-state index in [2.05, 4.69) is 0 Å². The number of likely N-dealkylation sites (tertiary alicyclic amines) is 1. The van der Waals surface area contributed by atoms with Gasteiger partial charge in [0.25, 0.3) is 0 Å². The van der Waals surface area contributed by atoms with Crippen molar-refractivity contribution in [2.75, 3.05) is 13.1 Å². The quantitative estimate of drug-likeness (QED) is 0.672. The van der Waals surface area contributed by atoms with Gasteiger partial charge < -0.3 is 10.0 Å². The molecule has 2 aliphatic rings. The van der Waals surface area contributed by atoms with E-state index in [0.29, 0.717) is 19.5 Å². The highest BCUT2D eigenvalue weighted by molar-refractivity contribution is 5.82. The summed E-state index contributed by atoms with van der Waals surface area (Å²) in [4.78, 5) is 12.8. The van der Waals surface area contributed by atoms with Gasteiger partial charge in [0, 0.05) is 24.9 Å². The molecular formula is C8H11F2NO2. The number of carbonyl (C=O) groups excluding carboxylic acids is 1. The molecule has 0 spiro atoms. The minimum atomic E-state index is -2.37. The van der Waals surface area contributed by atoms with Gasteiger partial charge in [0.15, 0.2) is 0 Å². The standard InChI is InChI=1S/C8H11F2NO2/c9-7(10)5-1-6(5)8(13)11-2-4(12)3-11/h4-7,12H,1-3H2/t5-,6-/m0/s1. The van der Waals surface area contributed by atoms with Crippen LogP contribution >= 0.6 is 0 Å². The van der Waals surface area contributed by atoms with Crippen molar-refractivity contribution in [1.29, 1.82) is 0 Å². The van der Waals surface area contributed by atoms with Crippen LogP contribution in [0.4, 0.5) is 8.78 Å². The monoisotopic (exact) mass is 191 g/mol. The second-order valence-electron chi connectivity index (χ2n) is 3.74. The van der Waals surface area contributed by atoms with Gasteiger partial charge in [0.2, 0.25) is 12.3 Å². The fraction of sp³-hybridized carbons (Fsp3) is 0.875. The molecule has 3 nitrogen and oxygen atoms in total. The molecule has 13 heavy (non-hydrogen) atoms. The molecule has 0 aromatic carbocycles. The van der Waals surface area contributed by atoms with Gasteiger partial charge >= 0.3 is 0 Å². The van der Waals surface area contributed by atoms with Crippen LogP contribution in [-0.4, -0.2) is 41.5 Å². The van der Waals surface area contributed by atoms with E-state index < -0.39 is 24.4 Å². The third kappa shape index (κ3) is 1.52. The molecule has 5 heteroatoms. The number of amides is 1. The summed E-state index contributed by atoms with van der Waals surface area (Å²) in [7, 11) is 0. The van der Waals surface area contributed by atoms with Crippen molar-refractivity contribution in [2.24, 2.45) is 11.8 Å². The molecule has 1 amide bonds. The predicted molar refractivity (Wildman–Crippen MR) is 40.2 cm³/mol. The van der Waals surface area contributed by atoms with E-state index in [0.717, 1.165) is 0 Å². The summed E-state index contributed by atoms with van der Waals surface area (Å²) in [5.41, 5.74) is 0. The highest BCUT2D eigenvalue weighted by Crippen LogP contribution is 2.44. The van der Waals surface area contributed by atoms with Crippen LogP contribution in [0.1, 0.15) is 6.42 Å². The average molecular weight is 191 g/mol. The molecule has 1 aliphatic heterocycles. The number of carbonyl (C=O) groups is 1. The Morgan fingerprint density at radius 1 is 1.46 bits per heavy atom. The average Bonchev–Trinajstić information content (AvgIpc) is 2.76. The fourth-order valence-electron chi connectivity index (χ4n) is 1.65. The zero-order chi connectivity index (χ0) is 9.59. The summed E-state index contributed by atoms with van der Waals surface area (Å²) < 4.78 is 24.1. The van der Waals surface area contributed by atoms with Crippen LogP contribution in [0.3, 0.4) is 0 Å². The molecule has 2 atom stereocenters. The first-order valence-corrected chi connectivity index (χ1v) is 4.34. The van der Waals surface area contributed by atoms with Gasteiger partial charge in [-0.05, 0) is 6.42 Å². The van der Waals surface area contributed by atoms with Crippen LogP contribution in [0.5, 0.6) is 0 Å². The number of β-amino-alcohol motifs (C(OH)–C–C–N with tert-alkyl or cyclic N) is 1. The number of aliphatic hydroxyl groups is 1. The van der Waals surface area contributed by atoms with Crippen molar-refractivity contribution >= 4 is 5.91 Å². The zero-order valence-corrected chi connectivity index (χ0v) is 6.99. The van der Waals surface area contributed by atoms with Crippen molar-refractivity contribution < 1.29 is 18.7 Å². The van der Waals surface area contributed by atoms with E-state index in [4.69, 9.17) is 5.11 Å². The third-order valence-electron chi connectivity index (χ3n) is 2.65. The maximum absolute atomic E-state index is 12.1. The maximum Gasteiger partial charge on any atom is 0.242 e. The molecule has 74 valence electrons. The first-order valence-electron chi connectivity index (χ1n) is 4.34. The summed E-state index contributed by atoms with van der Waals surface area (Å²) >= 11 is 0. The van der Waals surface area contributed by atoms with Gasteiger partial charge in [0.1, 0.15) is 0 Å². The molecule has 2 rings (SSSR count). The Morgan fingerprint density at radius 3 is 2.46 bits per heavy atom. The molecule has 0 radical (unpaired) electrons. The molecule has 0 aromatic rings. The van der Waals surface area contributed by atoms with Gasteiger partial charge in [0.05, 0.1) is 6.10 Å². The second-order valence-corrected chi connectivity index (χ2v) is 3.74. The van der Waals surface area contributed by atoms with E-state index in [1.54, 1.807) is 0 Å². The second kappa shape index (κ2) is 2.90. The third-order valence-corrected chi connectivity index (χ3v) is 2.65. The molecule has 1 aliphatic carbocycles. The Kier molecular flexibility index (Phi) is 1.98. The molecule has 0 aromatic heterocycles. The van der Waals surface area contributed by atoms with Crippen molar-refractivity contribution in [3.8, 4) is 0 Å². The number of halogens is 2. The minimum absolute atomic E-state index is 0.212. The van der Waals surface area contributed by atoms with E-state index >= 15 is 0 Å². The summed E-state index contributed by atoms with van der Waals surface area (Å²) in [6.45, 7) is 0.622. The lowest BCUT2D eigenvalue weighted by Gasteiger charge is -2.36. The van der Waals surface area contributed by atoms with E-state index in [9.17, 15) is 13.6 Å². The summed E-state index contributed by atoms with van der Waals surface area (Å²) in [6.07, 6.45) is -2.52. The number of nitrogens with zero attached hydrogens (tertiary/aromatic N) is 1. The Bertz CT molecular complexity index is 228. The number of hydrogen-bond donors (Lipinski definition) is 1. The molecule has 0 bridgehead atoms. The molecule has 1 saturated heterocycles. The Labute approximate surface area is 74.3 Å². The summed E-state index contributed by atoms with van der Waals surface area (Å²) in [5.74, 6) is -1.42. The summed E-state index contributed by atoms with van der Waals surface area (Å²) in [5, 5.41) is 8.90. The highest BCUT2D eigenvalue weighted by Gasteiger charge is 2.51. The van der Waals surface area contributed by atoms with Gasteiger partial charge in [-0.15, -0.1) is 0 Å². The predicted octanol–water partition coefficient (Wildman–Crippen LogP) is 0.0907. The van der Waals surface area contributed by atoms with Gasteiger partial charge in [-0.2, -0.15) is 0 Å². The van der Waals surface area contributed by atoms with Crippen molar-refractivity contribution in [2.45, 2.75) is 19.0 Å². The Hall–Kier alpha value is -0.710. The number of rotatable bonds is 2. The van der Waals surface area contributed by atoms with Crippen molar-refractivity contribution in [3.63, 3.8) is 0 Å². The lowest BCUT2D eigenvalue weighted by molar-refractivity contribution is -0.143. The summed E-state index contributed by atoms with van der Waals surface area (Å²) in [6, 6.07) is 0. The first kappa shape index (κ1) is 8.87.